The van der Waals surface area contributed by atoms with E-state index in [1.165, 1.54) is 71.6 Å². The van der Waals surface area contributed by atoms with Gasteiger partial charge in [0.25, 0.3) is 0 Å². The summed E-state index contributed by atoms with van der Waals surface area (Å²) in [5.74, 6) is 0. The molecule has 9 rings (SSSR count). The Bertz CT molecular complexity index is 2460. The number of hydrogen-bond donors (Lipinski definition) is 0. The Kier molecular flexibility index (Phi) is 5.54. The largest absolute Gasteiger partial charge is 0.309 e. The zero-order chi connectivity index (χ0) is 29.0. The Labute approximate surface area is 255 Å². The van der Waals surface area contributed by atoms with E-state index in [1.807, 2.05) is 0 Å². The van der Waals surface area contributed by atoms with Gasteiger partial charge in [0, 0.05) is 38.5 Å². The second-order valence-corrected chi connectivity index (χ2v) is 11.4. The Morgan fingerprint density at radius 3 is 1.57 bits per heavy atom. The molecule has 0 aliphatic rings. The first kappa shape index (κ1) is 24.7. The second-order valence-electron chi connectivity index (χ2n) is 11.4. The molecular formula is C42H28N2. The van der Waals surface area contributed by atoms with Gasteiger partial charge < -0.3 is 9.13 Å². The molecule has 2 aromatic heterocycles. The molecule has 2 nitrogen and oxygen atoms in total. The number of aromatic nitrogens is 2. The molecule has 0 saturated carbocycles. The molecule has 0 spiro atoms. The lowest BCUT2D eigenvalue weighted by atomic mass is 9.99. The highest BCUT2D eigenvalue weighted by atomic mass is 15.0. The third kappa shape index (κ3) is 3.75. The van der Waals surface area contributed by atoms with E-state index in [0.717, 1.165) is 5.69 Å². The molecule has 206 valence electrons. The summed E-state index contributed by atoms with van der Waals surface area (Å²) in [7, 11) is 0. The van der Waals surface area contributed by atoms with Gasteiger partial charge in [0.2, 0.25) is 0 Å². The van der Waals surface area contributed by atoms with Crippen molar-refractivity contribution in [3.05, 3.63) is 170 Å². The van der Waals surface area contributed by atoms with Crippen molar-refractivity contribution in [1.82, 2.24) is 9.13 Å². The van der Waals surface area contributed by atoms with Crippen LogP contribution in [-0.4, -0.2) is 9.13 Å². The molecule has 2 heteroatoms. The first-order valence-corrected chi connectivity index (χ1v) is 15.1. The van der Waals surface area contributed by atoms with Crippen molar-refractivity contribution >= 4 is 43.6 Å². The van der Waals surface area contributed by atoms with Crippen LogP contribution in [0.3, 0.4) is 0 Å². The maximum atomic E-state index is 2.44. The number of fused-ring (bicyclic) bond motifs is 6. The molecule has 0 aliphatic carbocycles. The molecule has 0 radical (unpaired) electrons. The normalized spacial score (nSPS) is 11.6. The van der Waals surface area contributed by atoms with E-state index in [9.17, 15) is 0 Å². The maximum absolute atomic E-state index is 2.44. The minimum absolute atomic E-state index is 1.16. The number of para-hydroxylation sites is 4. The van der Waals surface area contributed by atoms with Crippen molar-refractivity contribution in [3.63, 3.8) is 0 Å². The molecule has 0 aliphatic heterocycles. The zero-order valence-corrected chi connectivity index (χ0v) is 24.1. The lowest BCUT2D eigenvalue weighted by Crippen LogP contribution is -1.96. The summed E-state index contributed by atoms with van der Waals surface area (Å²) in [6, 6.07) is 61.4. The Balaban J connectivity index is 1.29. The lowest BCUT2D eigenvalue weighted by molar-refractivity contribution is 1.18. The van der Waals surface area contributed by atoms with Crippen molar-refractivity contribution in [2.75, 3.05) is 0 Å². The molecule has 0 saturated heterocycles. The van der Waals surface area contributed by atoms with Gasteiger partial charge in [-0.25, -0.2) is 0 Å². The maximum Gasteiger partial charge on any atom is 0.0619 e. The van der Waals surface area contributed by atoms with Gasteiger partial charge in [-0.3, -0.25) is 0 Å². The third-order valence-electron chi connectivity index (χ3n) is 8.93. The van der Waals surface area contributed by atoms with E-state index in [2.05, 4.69) is 179 Å². The van der Waals surface area contributed by atoms with Gasteiger partial charge in [0.1, 0.15) is 0 Å². The van der Waals surface area contributed by atoms with Crippen LogP contribution >= 0.6 is 0 Å². The molecule has 0 fully saturated rings. The SMILES string of the molecule is c1ccc(-c2ccc(-n3c4ccccc4c4cccc(-c5ccc6c(c5)c5ccccc5n6-c5ccccc5)c43)cc2)cc1. The quantitative estimate of drug-likeness (QED) is 0.203. The number of hydrogen-bond acceptors (Lipinski definition) is 0. The van der Waals surface area contributed by atoms with Crippen LogP contribution in [0.25, 0.3) is 77.2 Å². The molecule has 0 atom stereocenters. The van der Waals surface area contributed by atoms with Crippen molar-refractivity contribution in [3.8, 4) is 33.6 Å². The first-order valence-electron chi connectivity index (χ1n) is 15.1. The first-order chi connectivity index (χ1) is 21.8. The van der Waals surface area contributed by atoms with Crippen molar-refractivity contribution in [2.45, 2.75) is 0 Å². The predicted octanol–water partition coefficient (Wildman–Crippen LogP) is 11.2. The topological polar surface area (TPSA) is 9.86 Å². The van der Waals surface area contributed by atoms with Crippen LogP contribution in [0.2, 0.25) is 0 Å². The molecule has 9 aromatic rings. The predicted molar refractivity (Wildman–Crippen MR) is 186 cm³/mol. The summed E-state index contributed by atoms with van der Waals surface area (Å²) in [6.07, 6.45) is 0. The van der Waals surface area contributed by atoms with Gasteiger partial charge in [-0.05, 0) is 65.2 Å². The van der Waals surface area contributed by atoms with Crippen LogP contribution in [0, 0.1) is 0 Å². The summed E-state index contributed by atoms with van der Waals surface area (Å²) in [6.45, 7) is 0. The van der Waals surface area contributed by atoms with E-state index < -0.39 is 0 Å². The molecule has 0 bridgehead atoms. The molecule has 0 N–H and O–H groups in total. The van der Waals surface area contributed by atoms with E-state index in [1.54, 1.807) is 0 Å². The van der Waals surface area contributed by atoms with Gasteiger partial charge in [-0.15, -0.1) is 0 Å². The zero-order valence-electron chi connectivity index (χ0n) is 24.1. The number of benzene rings is 7. The minimum Gasteiger partial charge on any atom is -0.309 e. The monoisotopic (exact) mass is 560 g/mol. The Morgan fingerprint density at radius 1 is 0.295 bits per heavy atom. The van der Waals surface area contributed by atoms with Crippen LogP contribution in [0.4, 0.5) is 0 Å². The summed E-state index contributed by atoms with van der Waals surface area (Å²) >= 11 is 0. The van der Waals surface area contributed by atoms with Gasteiger partial charge >= 0.3 is 0 Å². The van der Waals surface area contributed by atoms with Crippen LogP contribution in [0.5, 0.6) is 0 Å². The molecular weight excluding hydrogens is 532 g/mol. The standard InChI is InChI=1S/C42H28N2/c1-3-12-29(13-4-1)30-22-25-33(26-23-30)44-40-21-10-7-16-35(40)37-19-11-18-34(42(37)44)31-24-27-41-38(28-31)36-17-8-9-20-39(36)43(41)32-14-5-2-6-15-32/h1-28H. The average molecular weight is 561 g/mol. The molecule has 7 aromatic carbocycles. The smallest absolute Gasteiger partial charge is 0.0619 e. The van der Waals surface area contributed by atoms with Gasteiger partial charge in [-0.2, -0.15) is 0 Å². The van der Waals surface area contributed by atoms with Crippen LogP contribution in [0.1, 0.15) is 0 Å². The van der Waals surface area contributed by atoms with Crippen molar-refractivity contribution in [1.29, 1.82) is 0 Å². The minimum atomic E-state index is 1.16. The average Bonchev–Trinajstić information content (AvgIpc) is 3.62. The fourth-order valence-electron chi connectivity index (χ4n) is 6.95. The summed E-state index contributed by atoms with van der Waals surface area (Å²) in [5.41, 5.74) is 12.1. The van der Waals surface area contributed by atoms with E-state index in [-0.39, 0.29) is 0 Å². The summed E-state index contributed by atoms with van der Waals surface area (Å²) in [4.78, 5) is 0. The Morgan fingerprint density at radius 2 is 0.818 bits per heavy atom. The molecule has 0 amide bonds. The van der Waals surface area contributed by atoms with Gasteiger partial charge in [-0.1, -0.05) is 121 Å². The highest BCUT2D eigenvalue weighted by molar-refractivity contribution is 6.15. The van der Waals surface area contributed by atoms with Crippen LogP contribution in [0.15, 0.2) is 170 Å². The summed E-state index contributed by atoms with van der Waals surface area (Å²) in [5, 5.41) is 5.04. The molecule has 0 unspecified atom stereocenters. The molecule has 2 heterocycles. The number of nitrogens with zero attached hydrogens (tertiary/aromatic N) is 2. The molecule has 44 heavy (non-hydrogen) atoms. The third-order valence-corrected chi connectivity index (χ3v) is 8.93. The van der Waals surface area contributed by atoms with Crippen LogP contribution in [-0.2, 0) is 0 Å². The van der Waals surface area contributed by atoms with E-state index in [4.69, 9.17) is 0 Å². The van der Waals surface area contributed by atoms with Gasteiger partial charge in [0.15, 0.2) is 0 Å². The van der Waals surface area contributed by atoms with Gasteiger partial charge in [0.05, 0.1) is 22.1 Å². The Hall–Kier alpha value is -5.86. The van der Waals surface area contributed by atoms with E-state index >= 15 is 0 Å². The fourth-order valence-corrected chi connectivity index (χ4v) is 6.95. The fraction of sp³-hybridized carbons (Fsp3) is 0. The number of rotatable bonds is 4. The van der Waals surface area contributed by atoms with E-state index in [0.29, 0.717) is 0 Å². The van der Waals surface area contributed by atoms with Crippen molar-refractivity contribution < 1.29 is 0 Å². The van der Waals surface area contributed by atoms with Crippen molar-refractivity contribution in [2.24, 2.45) is 0 Å². The summed E-state index contributed by atoms with van der Waals surface area (Å²) < 4.78 is 4.81. The second kappa shape index (κ2) is 9.86. The highest BCUT2D eigenvalue weighted by Crippen LogP contribution is 2.40. The highest BCUT2D eigenvalue weighted by Gasteiger charge is 2.18. The van der Waals surface area contributed by atoms with Crippen LogP contribution < -0.4 is 0 Å². The lowest BCUT2D eigenvalue weighted by Gasteiger charge is -2.13.